The Kier molecular flexibility index (Phi) is 5.99. The minimum absolute atomic E-state index is 0.0349. The number of aromatic amines is 1. The van der Waals surface area contributed by atoms with Gasteiger partial charge in [0.25, 0.3) is 0 Å². The number of H-pyrrole nitrogens is 1. The van der Waals surface area contributed by atoms with Crippen LogP contribution in [-0.4, -0.2) is 39.6 Å². The lowest BCUT2D eigenvalue weighted by molar-refractivity contribution is -0.138. The maximum atomic E-state index is 13.6. The Balaban J connectivity index is 1.60. The van der Waals surface area contributed by atoms with Crippen LogP contribution < -0.4 is 9.47 Å². The first-order valence-corrected chi connectivity index (χ1v) is 12.5. The van der Waals surface area contributed by atoms with Crippen LogP contribution in [0.5, 0.6) is 23.0 Å². The van der Waals surface area contributed by atoms with Crippen molar-refractivity contribution in [2.75, 3.05) is 6.26 Å². The van der Waals surface area contributed by atoms with Crippen molar-refractivity contribution in [3.05, 3.63) is 78.9 Å². The second-order valence-electron chi connectivity index (χ2n) is 7.79. The molecule has 0 bridgehead atoms. The molecule has 0 unspecified atom stereocenters. The van der Waals surface area contributed by atoms with Gasteiger partial charge in [0.05, 0.1) is 29.0 Å². The van der Waals surface area contributed by atoms with Gasteiger partial charge in [-0.15, -0.1) is 0 Å². The first kappa shape index (κ1) is 24.2. The second-order valence-corrected chi connectivity index (χ2v) is 9.76. The first-order valence-electron chi connectivity index (χ1n) is 10.6. The predicted molar refractivity (Wildman–Crippen MR) is 126 cm³/mol. The maximum Gasteiger partial charge on any atom is 0.419 e. The zero-order chi connectivity index (χ0) is 26.2. The van der Waals surface area contributed by atoms with Crippen LogP contribution in [0.15, 0.2) is 78.3 Å². The summed E-state index contributed by atoms with van der Waals surface area (Å²) in [4.78, 5) is 19.6. The van der Waals surface area contributed by atoms with E-state index in [1.54, 1.807) is 0 Å². The third-order valence-corrected chi connectivity index (χ3v) is 6.08. The molecule has 2 aromatic carbocycles. The molecule has 188 valence electrons. The van der Waals surface area contributed by atoms with Crippen LogP contribution in [0, 0.1) is 0 Å². The monoisotopic (exact) mass is 527 g/mol. The van der Waals surface area contributed by atoms with Crippen molar-refractivity contribution in [2.45, 2.75) is 11.2 Å². The molecule has 0 atom stereocenters. The Morgan fingerprint density at radius 3 is 2.35 bits per heavy atom. The van der Waals surface area contributed by atoms with E-state index in [1.165, 1.54) is 67.3 Å². The number of imidazole rings is 1. The zero-order valence-electron chi connectivity index (χ0n) is 18.9. The number of halogens is 3. The second kappa shape index (κ2) is 9.17. The number of aromatic nitrogens is 5. The van der Waals surface area contributed by atoms with E-state index in [-0.39, 0.29) is 22.3 Å². The number of alkyl halides is 3. The molecule has 37 heavy (non-hydrogen) atoms. The van der Waals surface area contributed by atoms with Crippen LogP contribution in [0.2, 0.25) is 0 Å². The number of ether oxygens (including phenoxy) is 2. The van der Waals surface area contributed by atoms with Gasteiger partial charge < -0.3 is 14.5 Å². The van der Waals surface area contributed by atoms with E-state index in [0.717, 1.165) is 12.3 Å². The van der Waals surface area contributed by atoms with E-state index in [0.29, 0.717) is 22.6 Å². The van der Waals surface area contributed by atoms with Gasteiger partial charge in [0.2, 0.25) is 0 Å². The highest BCUT2D eigenvalue weighted by Crippen LogP contribution is 2.42. The average molecular weight is 527 g/mol. The summed E-state index contributed by atoms with van der Waals surface area (Å²) >= 11 is 0. The fraction of sp³-hybridized carbons (Fsp3) is 0.0833. The van der Waals surface area contributed by atoms with Crippen LogP contribution >= 0.6 is 0 Å². The summed E-state index contributed by atoms with van der Waals surface area (Å²) in [6.07, 6.45) is 2.05. The van der Waals surface area contributed by atoms with E-state index >= 15 is 0 Å². The Morgan fingerprint density at radius 2 is 1.68 bits per heavy atom. The first-order chi connectivity index (χ1) is 17.6. The molecule has 3 heterocycles. The van der Waals surface area contributed by atoms with Gasteiger partial charge in [-0.1, -0.05) is 12.1 Å². The van der Waals surface area contributed by atoms with Crippen LogP contribution in [0.3, 0.4) is 0 Å². The molecule has 0 aliphatic heterocycles. The van der Waals surface area contributed by atoms with Gasteiger partial charge in [-0.05, 0) is 24.3 Å². The minimum atomic E-state index is -4.65. The molecule has 5 rings (SSSR count). The van der Waals surface area contributed by atoms with Crippen LogP contribution in [-0.2, 0) is 16.0 Å². The molecule has 13 heteroatoms. The average Bonchev–Trinajstić information content (AvgIpc) is 3.27. The standard InChI is InChI=1S/C24H16F3N5O4S/c1-37(33,34)22-7-6-14(12-30-22)35-20-10-16-17(32-23(31-16)18-13-28-8-9-29-18)11-21(20)36-19-5-3-2-4-15(19)24(25,26)27/h2-13H,1H3,(H,31,32). The number of sulfone groups is 1. The fourth-order valence-corrected chi connectivity index (χ4v) is 3.96. The molecule has 0 saturated heterocycles. The van der Waals surface area contributed by atoms with Crippen LogP contribution in [0.4, 0.5) is 13.2 Å². The molecule has 0 amide bonds. The summed E-state index contributed by atoms with van der Waals surface area (Å²) in [5, 5.41) is -0.159. The third-order valence-electron chi connectivity index (χ3n) is 5.08. The smallest absolute Gasteiger partial charge is 0.419 e. The van der Waals surface area contributed by atoms with Crippen molar-refractivity contribution in [3.63, 3.8) is 0 Å². The van der Waals surface area contributed by atoms with Crippen LogP contribution in [0.25, 0.3) is 22.6 Å². The molecule has 5 aromatic rings. The van der Waals surface area contributed by atoms with E-state index in [9.17, 15) is 21.6 Å². The van der Waals surface area contributed by atoms with Gasteiger partial charge in [-0.3, -0.25) is 4.98 Å². The molecule has 9 nitrogen and oxygen atoms in total. The Labute approximate surface area is 207 Å². The van der Waals surface area contributed by atoms with E-state index in [1.807, 2.05) is 0 Å². The molecule has 3 aromatic heterocycles. The van der Waals surface area contributed by atoms with E-state index in [2.05, 4.69) is 24.9 Å². The largest absolute Gasteiger partial charge is 0.453 e. The van der Waals surface area contributed by atoms with Crippen molar-refractivity contribution >= 4 is 20.9 Å². The lowest BCUT2D eigenvalue weighted by atomic mass is 10.2. The quantitative estimate of drug-likeness (QED) is 0.311. The fourth-order valence-electron chi connectivity index (χ4n) is 3.40. The summed E-state index contributed by atoms with van der Waals surface area (Å²) in [7, 11) is -3.53. The van der Waals surface area contributed by atoms with Crippen molar-refractivity contribution in [3.8, 4) is 34.5 Å². The number of benzene rings is 2. The Morgan fingerprint density at radius 1 is 0.892 bits per heavy atom. The molecule has 0 spiro atoms. The van der Waals surface area contributed by atoms with Crippen molar-refractivity contribution < 1.29 is 31.1 Å². The molecule has 0 radical (unpaired) electrons. The lowest BCUT2D eigenvalue weighted by Gasteiger charge is -2.16. The number of fused-ring (bicyclic) bond motifs is 1. The minimum Gasteiger partial charge on any atom is -0.453 e. The summed E-state index contributed by atoms with van der Waals surface area (Å²) in [5.74, 6) is 0.0474. The summed E-state index contributed by atoms with van der Waals surface area (Å²) in [5.41, 5.74) is 0.333. The molecule has 0 aliphatic carbocycles. The maximum absolute atomic E-state index is 13.6. The van der Waals surface area contributed by atoms with Gasteiger partial charge in [0.15, 0.2) is 32.2 Å². The number of pyridine rings is 1. The Hall–Kier alpha value is -4.52. The van der Waals surface area contributed by atoms with Crippen LogP contribution in [0.1, 0.15) is 5.56 Å². The Bertz CT molecular complexity index is 1690. The molecular formula is C24H16F3N5O4S. The highest BCUT2D eigenvalue weighted by molar-refractivity contribution is 7.90. The molecule has 0 aliphatic rings. The van der Waals surface area contributed by atoms with Crippen molar-refractivity contribution in [1.82, 2.24) is 24.9 Å². The summed E-state index contributed by atoms with van der Waals surface area (Å²) in [6.45, 7) is 0. The molecule has 0 saturated carbocycles. The third kappa shape index (κ3) is 5.21. The number of hydrogen-bond acceptors (Lipinski definition) is 8. The molecule has 1 N–H and O–H groups in total. The summed E-state index contributed by atoms with van der Waals surface area (Å²) in [6, 6.07) is 10.3. The zero-order valence-corrected chi connectivity index (χ0v) is 19.7. The number of rotatable bonds is 6. The number of para-hydroxylation sites is 1. The summed E-state index contributed by atoms with van der Waals surface area (Å²) < 4.78 is 75.7. The highest BCUT2D eigenvalue weighted by atomic mass is 32.2. The van der Waals surface area contributed by atoms with Gasteiger partial charge in [0, 0.05) is 30.8 Å². The van der Waals surface area contributed by atoms with E-state index in [4.69, 9.17) is 9.47 Å². The van der Waals surface area contributed by atoms with Crippen molar-refractivity contribution in [2.24, 2.45) is 0 Å². The normalized spacial score (nSPS) is 12.0. The van der Waals surface area contributed by atoms with Gasteiger partial charge in [-0.25, -0.2) is 23.4 Å². The SMILES string of the molecule is CS(=O)(=O)c1ccc(Oc2cc3[nH]c(-c4cnccn4)nc3cc2Oc2ccccc2C(F)(F)F)cn1. The van der Waals surface area contributed by atoms with Gasteiger partial charge >= 0.3 is 6.18 Å². The molecule has 0 fully saturated rings. The van der Waals surface area contributed by atoms with Gasteiger partial charge in [-0.2, -0.15) is 13.2 Å². The number of nitrogens with one attached hydrogen (secondary N) is 1. The predicted octanol–water partition coefficient (Wildman–Crippen LogP) is 5.42. The number of hydrogen-bond donors (Lipinski definition) is 1. The van der Waals surface area contributed by atoms with E-state index < -0.39 is 27.3 Å². The number of nitrogens with zero attached hydrogens (tertiary/aromatic N) is 4. The van der Waals surface area contributed by atoms with Crippen molar-refractivity contribution in [1.29, 1.82) is 0 Å². The molecular weight excluding hydrogens is 511 g/mol. The topological polar surface area (TPSA) is 120 Å². The van der Waals surface area contributed by atoms with Gasteiger partial charge in [0.1, 0.15) is 17.2 Å². The highest BCUT2D eigenvalue weighted by Gasteiger charge is 2.34. The lowest BCUT2D eigenvalue weighted by Crippen LogP contribution is -2.07.